The van der Waals surface area contributed by atoms with Crippen LogP contribution >= 0.6 is 15.5 Å². The number of ether oxygens (including phenoxy) is 2. The Morgan fingerprint density at radius 1 is 1.00 bits per heavy atom. The fraction of sp³-hybridized carbons (Fsp3) is 0.852. The van der Waals surface area contributed by atoms with Crippen LogP contribution in [0.15, 0.2) is 0 Å². The van der Waals surface area contributed by atoms with Crippen LogP contribution in [0.5, 0.6) is 0 Å². The van der Waals surface area contributed by atoms with Crippen molar-refractivity contribution < 1.29 is 32.0 Å². The summed E-state index contributed by atoms with van der Waals surface area (Å²) in [6.07, 6.45) is 6.61. The molecule has 0 spiro atoms. The van der Waals surface area contributed by atoms with Crippen molar-refractivity contribution in [3.05, 3.63) is 0 Å². The van der Waals surface area contributed by atoms with Gasteiger partial charge in [0, 0.05) is 19.0 Å². The first kappa shape index (κ1) is 36.5. The molecule has 2 fully saturated rings. The number of rotatable bonds is 16. The van der Waals surface area contributed by atoms with Gasteiger partial charge in [0.15, 0.2) is 15.8 Å². The zero-order valence-electron chi connectivity index (χ0n) is 26.0. The van der Waals surface area contributed by atoms with E-state index in [4.69, 9.17) is 48.3 Å². The molecule has 10 atom stereocenters. The molecule has 2 heterocycles. The largest absolute Gasteiger partial charge is 0.423 e. The Morgan fingerprint density at radius 3 is 2.20 bits per heavy atom. The van der Waals surface area contributed by atoms with Crippen LogP contribution in [0.2, 0.25) is 18.1 Å². The molecule has 0 radical (unpaired) electrons. The van der Waals surface area contributed by atoms with Crippen LogP contribution in [0, 0.1) is 28.6 Å². The maximum Gasteiger partial charge on any atom is 0.423 e. The summed E-state index contributed by atoms with van der Waals surface area (Å²) in [4.78, 5) is 0. The predicted molar refractivity (Wildman–Crippen MR) is 167 cm³/mol. The van der Waals surface area contributed by atoms with Gasteiger partial charge in [-0.2, -0.15) is 15.0 Å². The fourth-order valence-electron chi connectivity index (χ4n) is 4.45. The number of nitrogens with zero attached hydrogens (tertiary/aromatic N) is 2. The standard InChI is InChI=1S/C27H51N4O7P2Si/c1-19-20(2)34-23(24(19)36-39(7)32-15-11-13-28)18-31-40(8,33-16-12-14-29)37-26-22(17-30)35-21(3)25(26)38-41(9,10)27(4,5)6/h19-26,31H,7-8,11-12,15-18,30H2,1-6,9-10H3/q+1/t19-,20+,21+,22-,23-,24?,25?,26+,40?/m1/s1. The number of nitrogens with one attached hydrogen (secondary N) is 1. The topological polar surface area (TPSA) is 150 Å². The van der Waals surface area contributed by atoms with E-state index in [1.54, 1.807) is 0 Å². The molecule has 0 aromatic carbocycles. The van der Waals surface area contributed by atoms with Crippen LogP contribution < -0.4 is 10.8 Å². The highest BCUT2D eigenvalue weighted by molar-refractivity contribution is 7.62. The molecule has 0 aromatic heterocycles. The van der Waals surface area contributed by atoms with Crippen LogP contribution in [0.25, 0.3) is 0 Å². The Morgan fingerprint density at radius 2 is 1.61 bits per heavy atom. The summed E-state index contributed by atoms with van der Waals surface area (Å²) in [6, 6.07) is 4.16. The van der Waals surface area contributed by atoms with Crippen molar-refractivity contribution in [3.8, 4) is 12.1 Å². The van der Waals surface area contributed by atoms with Crippen LogP contribution in [0.3, 0.4) is 0 Å². The third-order valence-electron chi connectivity index (χ3n) is 8.05. The minimum absolute atomic E-state index is 0.00954. The molecule has 0 amide bonds. The molecule has 2 aliphatic heterocycles. The van der Waals surface area contributed by atoms with Crippen LogP contribution in [0.1, 0.15) is 54.4 Å². The normalized spacial score (nSPS) is 32.3. The summed E-state index contributed by atoms with van der Waals surface area (Å²) < 4.78 is 43.8. The average Bonchev–Trinajstić information content (AvgIpc) is 3.32. The quantitative estimate of drug-likeness (QED) is 0.138. The highest BCUT2D eigenvalue weighted by Gasteiger charge is 2.51. The van der Waals surface area contributed by atoms with E-state index in [1.165, 1.54) is 0 Å². The van der Waals surface area contributed by atoms with Gasteiger partial charge in [0.2, 0.25) is 0 Å². The third-order valence-corrected chi connectivity index (χ3v) is 15.3. The van der Waals surface area contributed by atoms with Gasteiger partial charge in [0.25, 0.3) is 0 Å². The van der Waals surface area contributed by atoms with Crippen molar-refractivity contribution in [2.45, 2.75) is 115 Å². The molecule has 14 heteroatoms. The van der Waals surface area contributed by atoms with E-state index in [2.05, 4.69) is 70.6 Å². The molecule has 11 nitrogen and oxygen atoms in total. The lowest BCUT2D eigenvalue weighted by atomic mass is 10.00. The van der Waals surface area contributed by atoms with Gasteiger partial charge in [-0.05, 0) is 38.3 Å². The summed E-state index contributed by atoms with van der Waals surface area (Å²) in [5.41, 5.74) is 6.12. The minimum atomic E-state index is -3.01. The molecule has 3 N–H and O–H groups in total. The Kier molecular flexibility index (Phi) is 14.1. The van der Waals surface area contributed by atoms with E-state index < -0.39 is 36.0 Å². The van der Waals surface area contributed by atoms with Crippen molar-refractivity contribution in [1.29, 1.82) is 10.5 Å². The molecule has 2 aliphatic rings. The molecule has 0 saturated carbocycles. The lowest BCUT2D eigenvalue weighted by molar-refractivity contribution is 0.0210. The van der Waals surface area contributed by atoms with E-state index in [0.717, 1.165) is 0 Å². The van der Waals surface area contributed by atoms with Crippen molar-refractivity contribution >= 4 is 36.4 Å². The first-order valence-electron chi connectivity index (χ1n) is 14.2. The summed E-state index contributed by atoms with van der Waals surface area (Å²) in [7, 11) is -6.62. The highest BCUT2D eigenvalue weighted by atomic mass is 31.2. The molecule has 234 valence electrons. The molecule has 0 bridgehead atoms. The molecule has 0 aromatic rings. The van der Waals surface area contributed by atoms with E-state index in [0.29, 0.717) is 6.54 Å². The van der Waals surface area contributed by atoms with Crippen molar-refractivity contribution in [1.82, 2.24) is 5.09 Å². The van der Waals surface area contributed by atoms with Gasteiger partial charge in [-0.25, -0.2) is 0 Å². The number of nitrogens with two attached hydrogens (primary N) is 1. The first-order chi connectivity index (χ1) is 19.1. The average molecular weight is 634 g/mol. The Hall–Kier alpha value is -0.693. The molecule has 2 saturated heterocycles. The smallest absolute Gasteiger partial charge is 0.409 e. The second-order valence-electron chi connectivity index (χ2n) is 12.2. The second-order valence-corrected chi connectivity index (χ2v) is 20.2. The lowest BCUT2D eigenvalue weighted by Crippen LogP contribution is -2.50. The molecular weight excluding hydrogens is 582 g/mol. The predicted octanol–water partition coefficient (Wildman–Crippen LogP) is 4.71. The highest BCUT2D eigenvalue weighted by Crippen LogP contribution is 2.49. The van der Waals surface area contributed by atoms with Crippen molar-refractivity contribution in [2.24, 2.45) is 11.7 Å². The first-order valence-corrected chi connectivity index (χ1v) is 20.3. The Labute approximate surface area is 249 Å². The summed E-state index contributed by atoms with van der Waals surface area (Å²) in [5, 5.41) is 21.3. The number of hydrogen-bond donors (Lipinski definition) is 2. The SMILES string of the molecule is C=[P+](OCCC#N)OC1[C@@H](CNP(=C)(OCCC#N)O[C@@H]2C(O[Si](C)(C)C(C)(C)C)[C@H](C)O[C@@H]2CN)O[C@@H](C)[C@H]1C. The van der Waals surface area contributed by atoms with Crippen LogP contribution in [0.4, 0.5) is 0 Å². The second kappa shape index (κ2) is 15.9. The van der Waals surface area contributed by atoms with Gasteiger partial charge >= 0.3 is 8.00 Å². The van der Waals surface area contributed by atoms with Crippen LogP contribution in [-0.2, 0) is 32.0 Å². The number of hydrogen-bond acceptors (Lipinski definition) is 11. The molecule has 4 unspecified atom stereocenters. The molecule has 41 heavy (non-hydrogen) atoms. The third kappa shape index (κ3) is 10.2. The van der Waals surface area contributed by atoms with Crippen LogP contribution in [-0.4, -0.2) is 89.9 Å². The maximum absolute atomic E-state index is 9.14. The monoisotopic (exact) mass is 633 g/mol. The van der Waals surface area contributed by atoms with E-state index in [-0.39, 0.29) is 74.1 Å². The Bertz CT molecular complexity index is 1000. The van der Waals surface area contributed by atoms with Crippen molar-refractivity contribution in [2.75, 3.05) is 26.3 Å². The zero-order valence-corrected chi connectivity index (χ0v) is 28.8. The zero-order chi connectivity index (χ0) is 31.0. The fourth-order valence-corrected chi connectivity index (χ4v) is 8.49. The summed E-state index contributed by atoms with van der Waals surface area (Å²) in [6.45, 7) is 18.0. The van der Waals surface area contributed by atoms with Gasteiger partial charge in [-0.1, -0.05) is 27.7 Å². The van der Waals surface area contributed by atoms with Gasteiger partial charge in [-0.15, -0.1) is 4.52 Å². The Balaban J connectivity index is 2.24. The summed E-state index contributed by atoms with van der Waals surface area (Å²) >= 11 is 0. The van der Waals surface area contributed by atoms with Gasteiger partial charge in [0.05, 0.1) is 49.9 Å². The van der Waals surface area contributed by atoms with Crippen molar-refractivity contribution in [3.63, 3.8) is 0 Å². The minimum Gasteiger partial charge on any atom is -0.409 e. The molecule has 2 rings (SSSR count). The molecule has 0 aliphatic carbocycles. The maximum atomic E-state index is 9.14. The number of nitriles is 2. The summed E-state index contributed by atoms with van der Waals surface area (Å²) in [5.74, 6) is 0.0826. The molecular formula is C27H51N4O7P2Si+. The van der Waals surface area contributed by atoms with Gasteiger partial charge in [-0.3, -0.25) is 5.09 Å². The van der Waals surface area contributed by atoms with E-state index in [1.807, 2.05) is 13.8 Å². The lowest BCUT2D eigenvalue weighted by Gasteiger charge is -2.41. The van der Waals surface area contributed by atoms with E-state index in [9.17, 15) is 0 Å². The van der Waals surface area contributed by atoms with Gasteiger partial charge < -0.3 is 28.7 Å². The van der Waals surface area contributed by atoms with Gasteiger partial charge in [0.1, 0.15) is 37.3 Å². The van der Waals surface area contributed by atoms with E-state index >= 15 is 0 Å².